The lowest BCUT2D eigenvalue weighted by molar-refractivity contribution is 0.298. The van der Waals surface area contributed by atoms with Gasteiger partial charge in [-0.25, -0.2) is 0 Å². The van der Waals surface area contributed by atoms with E-state index in [0.29, 0.717) is 6.04 Å². The number of nitrogens with one attached hydrogen (secondary N) is 1. The Hall–Kier alpha value is -0.450. The normalized spacial score (nSPS) is 18.8. The highest BCUT2D eigenvalue weighted by atomic mass is 79.9. The number of rotatable bonds is 5. The van der Waals surface area contributed by atoms with Crippen LogP contribution in [0.25, 0.3) is 0 Å². The number of hydrogen-bond donors (Lipinski definition) is 2. The van der Waals surface area contributed by atoms with Gasteiger partial charge < -0.3 is 0 Å². The third kappa shape index (κ3) is 4.34. The molecule has 1 fully saturated rings. The Bertz CT molecular complexity index is 364. The fourth-order valence-corrected chi connectivity index (χ4v) is 3.30. The van der Waals surface area contributed by atoms with Gasteiger partial charge in [0.05, 0.1) is 0 Å². The molecule has 3 N–H and O–H groups in total. The van der Waals surface area contributed by atoms with Crippen LogP contribution in [0.1, 0.15) is 44.1 Å². The summed E-state index contributed by atoms with van der Waals surface area (Å²) in [6.07, 6.45) is 12.8. The molecule has 0 spiro atoms. The molecule has 1 aliphatic carbocycles. The molecule has 1 aliphatic rings. The fraction of sp³-hybridized carbons (Fsp3) is 0.643. The minimum atomic E-state index is 0.365. The summed E-state index contributed by atoms with van der Waals surface area (Å²) in [5, 5.41) is 0. The quantitative estimate of drug-likeness (QED) is 0.648. The van der Waals surface area contributed by atoms with E-state index in [1.54, 1.807) is 0 Å². The summed E-state index contributed by atoms with van der Waals surface area (Å²) in [7, 11) is 0. The van der Waals surface area contributed by atoms with Gasteiger partial charge in [-0.1, -0.05) is 32.1 Å². The molecule has 1 aromatic heterocycles. The van der Waals surface area contributed by atoms with E-state index < -0.39 is 0 Å². The molecule has 1 aromatic rings. The fourth-order valence-electron chi connectivity index (χ4n) is 2.89. The van der Waals surface area contributed by atoms with Crippen LogP contribution in [0, 0.1) is 5.92 Å². The monoisotopic (exact) mass is 311 g/mol. The second-order valence-corrected chi connectivity index (χ2v) is 6.23. The maximum atomic E-state index is 5.69. The van der Waals surface area contributed by atoms with Gasteiger partial charge in [0.25, 0.3) is 0 Å². The van der Waals surface area contributed by atoms with Crippen LogP contribution in [-0.2, 0) is 6.42 Å². The van der Waals surface area contributed by atoms with Crippen LogP contribution in [0.15, 0.2) is 22.9 Å². The summed E-state index contributed by atoms with van der Waals surface area (Å²) >= 11 is 3.46. The van der Waals surface area contributed by atoms with E-state index in [0.717, 1.165) is 16.8 Å². The average molecular weight is 312 g/mol. The van der Waals surface area contributed by atoms with Crippen molar-refractivity contribution in [1.82, 2.24) is 10.4 Å². The SMILES string of the molecule is NNC(Cc1cncc(Br)c1)CC1CCCCC1. The number of nitrogens with zero attached hydrogens (tertiary/aromatic N) is 1. The summed E-state index contributed by atoms with van der Waals surface area (Å²) in [5.41, 5.74) is 4.21. The van der Waals surface area contributed by atoms with E-state index in [1.165, 1.54) is 44.1 Å². The first kappa shape index (κ1) is 14.0. The number of hydrazine groups is 1. The maximum absolute atomic E-state index is 5.69. The minimum Gasteiger partial charge on any atom is -0.271 e. The van der Waals surface area contributed by atoms with E-state index in [1.807, 2.05) is 12.4 Å². The highest BCUT2D eigenvalue weighted by Gasteiger charge is 2.18. The molecule has 100 valence electrons. The molecule has 4 heteroatoms. The van der Waals surface area contributed by atoms with Crippen molar-refractivity contribution in [2.75, 3.05) is 0 Å². The summed E-state index contributed by atoms with van der Waals surface area (Å²) in [6.45, 7) is 0. The van der Waals surface area contributed by atoms with Gasteiger partial charge in [0.15, 0.2) is 0 Å². The smallest absolute Gasteiger partial charge is 0.0410 e. The first-order valence-corrected chi connectivity index (χ1v) is 7.63. The van der Waals surface area contributed by atoms with Crippen LogP contribution in [0.3, 0.4) is 0 Å². The lowest BCUT2D eigenvalue weighted by Gasteiger charge is -2.26. The molecule has 0 radical (unpaired) electrons. The maximum Gasteiger partial charge on any atom is 0.0410 e. The molecule has 0 saturated heterocycles. The summed E-state index contributed by atoms with van der Waals surface area (Å²) < 4.78 is 1.04. The number of pyridine rings is 1. The van der Waals surface area contributed by atoms with E-state index in [4.69, 9.17) is 5.84 Å². The Balaban J connectivity index is 1.88. The molecule has 0 bridgehead atoms. The molecule has 0 aromatic carbocycles. The van der Waals surface area contributed by atoms with Crippen LogP contribution in [0.5, 0.6) is 0 Å². The lowest BCUT2D eigenvalue weighted by Crippen LogP contribution is -2.38. The van der Waals surface area contributed by atoms with Gasteiger partial charge in [0.2, 0.25) is 0 Å². The third-order valence-electron chi connectivity index (χ3n) is 3.82. The van der Waals surface area contributed by atoms with Gasteiger partial charge >= 0.3 is 0 Å². The van der Waals surface area contributed by atoms with Crippen molar-refractivity contribution in [3.63, 3.8) is 0 Å². The average Bonchev–Trinajstić information content (AvgIpc) is 2.39. The first-order chi connectivity index (χ1) is 8.78. The highest BCUT2D eigenvalue weighted by molar-refractivity contribution is 9.10. The largest absolute Gasteiger partial charge is 0.271 e. The molecule has 1 heterocycles. The second kappa shape index (κ2) is 7.22. The molecule has 0 aliphatic heterocycles. The molecule has 2 rings (SSSR count). The predicted octanol–water partition coefficient (Wildman–Crippen LogP) is 3.19. The molecule has 0 amide bonds. The van der Waals surface area contributed by atoms with E-state index >= 15 is 0 Å². The number of hydrogen-bond acceptors (Lipinski definition) is 3. The van der Waals surface area contributed by atoms with Crippen LogP contribution >= 0.6 is 15.9 Å². The van der Waals surface area contributed by atoms with Gasteiger partial charge in [0, 0.05) is 22.9 Å². The molecule has 18 heavy (non-hydrogen) atoms. The van der Waals surface area contributed by atoms with Crippen molar-refractivity contribution in [3.8, 4) is 0 Å². The van der Waals surface area contributed by atoms with Crippen molar-refractivity contribution >= 4 is 15.9 Å². The zero-order chi connectivity index (χ0) is 12.8. The van der Waals surface area contributed by atoms with Crippen LogP contribution in [0.2, 0.25) is 0 Å². The van der Waals surface area contributed by atoms with Gasteiger partial charge in [0.1, 0.15) is 0 Å². The third-order valence-corrected chi connectivity index (χ3v) is 4.26. The van der Waals surface area contributed by atoms with Crippen LogP contribution in [0.4, 0.5) is 0 Å². The van der Waals surface area contributed by atoms with E-state index in [-0.39, 0.29) is 0 Å². The lowest BCUT2D eigenvalue weighted by atomic mass is 9.84. The van der Waals surface area contributed by atoms with Gasteiger partial charge in [-0.05, 0) is 46.3 Å². The summed E-state index contributed by atoms with van der Waals surface area (Å²) in [4.78, 5) is 4.20. The molecule has 1 unspecified atom stereocenters. The van der Waals surface area contributed by atoms with Gasteiger partial charge in [-0.2, -0.15) is 0 Å². The zero-order valence-corrected chi connectivity index (χ0v) is 12.3. The zero-order valence-electron chi connectivity index (χ0n) is 10.7. The molecular formula is C14H22BrN3. The number of halogens is 1. The summed E-state index contributed by atoms with van der Waals surface area (Å²) in [6, 6.07) is 2.49. The molecule has 3 nitrogen and oxygen atoms in total. The standard InChI is InChI=1S/C14H22BrN3/c15-13-6-12(9-17-10-13)8-14(18-16)7-11-4-2-1-3-5-11/h6,9-11,14,18H,1-5,7-8,16H2. The Morgan fingerprint density at radius 3 is 2.78 bits per heavy atom. The van der Waals surface area contributed by atoms with Crippen LogP contribution < -0.4 is 11.3 Å². The Kier molecular flexibility index (Phi) is 5.60. The van der Waals surface area contributed by atoms with Crippen molar-refractivity contribution < 1.29 is 0 Å². The molecule has 1 saturated carbocycles. The van der Waals surface area contributed by atoms with E-state index in [9.17, 15) is 0 Å². The van der Waals surface area contributed by atoms with Crippen molar-refractivity contribution in [3.05, 3.63) is 28.5 Å². The molecule has 1 atom stereocenters. The Morgan fingerprint density at radius 2 is 2.11 bits per heavy atom. The Morgan fingerprint density at radius 1 is 1.33 bits per heavy atom. The first-order valence-electron chi connectivity index (χ1n) is 6.83. The Labute approximate surface area is 118 Å². The summed E-state index contributed by atoms with van der Waals surface area (Å²) in [5.74, 6) is 6.54. The number of aromatic nitrogens is 1. The van der Waals surface area contributed by atoms with E-state index in [2.05, 4.69) is 32.4 Å². The topological polar surface area (TPSA) is 50.9 Å². The predicted molar refractivity (Wildman–Crippen MR) is 77.9 cm³/mol. The van der Waals surface area contributed by atoms with Gasteiger partial charge in [-0.15, -0.1) is 0 Å². The highest BCUT2D eigenvalue weighted by Crippen LogP contribution is 2.28. The van der Waals surface area contributed by atoms with Crippen molar-refractivity contribution in [2.24, 2.45) is 11.8 Å². The van der Waals surface area contributed by atoms with Crippen molar-refractivity contribution in [1.29, 1.82) is 0 Å². The molecular weight excluding hydrogens is 290 g/mol. The van der Waals surface area contributed by atoms with Gasteiger partial charge in [-0.3, -0.25) is 16.3 Å². The second-order valence-electron chi connectivity index (χ2n) is 5.32. The van der Waals surface area contributed by atoms with Crippen LogP contribution in [-0.4, -0.2) is 11.0 Å². The minimum absolute atomic E-state index is 0.365. The van der Waals surface area contributed by atoms with Crippen molar-refractivity contribution in [2.45, 2.75) is 51.0 Å². The number of nitrogens with two attached hydrogens (primary N) is 1.